The van der Waals surface area contributed by atoms with Crippen molar-refractivity contribution < 1.29 is 4.39 Å². The number of nitrogens with one attached hydrogen (secondary N) is 1. The molecule has 0 radical (unpaired) electrons. The molecular formula is C17H19ClFN. The monoisotopic (exact) mass is 291 g/mol. The number of benzene rings is 2. The van der Waals surface area contributed by atoms with Gasteiger partial charge in [0, 0.05) is 5.02 Å². The lowest BCUT2D eigenvalue weighted by atomic mass is 9.94. The minimum Gasteiger partial charge on any atom is -0.307 e. The first-order valence-electron chi connectivity index (χ1n) is 6.78. The predicted molar refractivity (Wildman–Crippen MR) is 82.8 cm³/mol. The molecule has 1 unspecified atom stereocenters. The van der Waals surface area contributed by atoms with E-state index in [9.17, 15) is 4.39 Å². The Morgan fingerprint density at radius 2 is 1.85 bits per heavy atom. The summed E-state index contributed by atoms with van der Waals surface area (Å²) in [5.74, 6) is -0.170. The first-order valence-corrected chi connectivity index (χ1v) is 7.16. The van der Waals surface area contributed by atoms with Crippen molar-refractivity contribution in [3.8, 4) is 0 Å². The molecule has 0 aliphatic carbocycles. The molecule has 0 bridgehead atoms. The molecule has 2 rings (SSSR count). The summed E-state index contributed by atoms with van der Waals surface area (Å²) >= 11 is 6.02. The second-order valence-electron chi connectivity index (χ2n) is 5.00. The van der Waals surface area contributed by atoms with Gasteiger partial charge in [0.2, 0.25) is 0 Å². The second-order valence-corrected chi connectivity index (χ2v) is 5.44. The van der Waals surface area contributed by atoms with E-state index in [0.717, 1.165) is 22.7 Å². The fraction of sp³-hybridized carbons (Fsp3) is 0.294. The highest BCUT2D eigenvalue weighted by atomic mass is 35.5. The van der Waals surface area contributed by atoms with E-state index in [1.54, 1.807) is 6.92 Å². The third-order valence-corrected chi connectivity index (χ3v) is 3.70. The Bertz CT molecular complexity index is 610. The Kier molecular flexibility index (Phi) is 4.79. The standard InChI is InChI=1S/C17H19ClFN/c1-4-20-17(13-5-8-16(19)12(3)9-13)15-7-6-14(18)10-11(15)2/h5-10,17,20H,4H2,1-3H3. The Labute approximate surface area is 124 Å². The molecule has 1 N–H and O–H groups in total. The quantitative estimate of drug-likeness (QED) is 0.853. The summed E-state index contributed by atoms with van der Waals surface area (Å²) in [6, 6.07) is 11.2. The SMILES string of the molecule is CCNC(c1ccc(F)c(C)c1)c1ccc(Cl)cc1C. The van der Waals surface area contributed by atoms with Gasteiger partial charge in [-0.05, 0) is 60.8 Å². The first kappa shape index (κ1) is 15.0. The van der Waals surface area contributed by atoms with Crippen LogP contribution in [0.5, 0.6) is 0 Å². The zero-order valence-corrected chi connectivity index (χ0v) is 12.8. The fourth-order valence-electron chi connectivity index (χ4n) is 2.42. The average molecular weight is 292 g/mol. The van der Waals surface area contributed by atoms with E-state index < -0.39 is 0 Å². The van der Waals surface area contributed by atoms with Gasteiger partial charge in [-0.1, -0.05) is 36.7 Å². The van der Waals surface area contributed by atoms with Crippen LogP contribution < -0.4 is 5.32 Å². The van der Waals surface area contributed by atoms with E-state index in [4.69, 9.17) is 11.6 Å². The van der Waals surface area contributed by atoms with Gasteiger partial charge in [-0.25, -0.2) is 4.39 Å². The Hall–Kier alpha value is -1.38. The number of aryl methyl sites for hydroxylation is 2. The molecular weight excluding hydrogens is 273 g/mol. The summed E-state index contributed by atoms with van der Waals surface area (Å²) in [5.41, 5.74) is 4.03. The Morgan fingerprint density at radius 3 is 2.45 bits per heavy atom. The van der Waals surface area contributed by atoms with Crippen molar-refractivity contribution >= 4 is 11.6 Å². The van der Waals surface area contributed by atoms with Crippen molar-refractivity contribution in [3.05, 3.63) is 69.5 Å². The third-order valence-electron chi connectivity index (χ3n) is 3.47. The predicted octanol–water partition coefficient (Wildman–Crippen LogP) is 4.79. The second kappa shape index (κ2) is 6.38. The molecule has 0 saturated carbocycles. The number of hydrogen-bond donors (Lipinski definition) is 1. The summed E-state index contributed by atoms with van der Waals surface area (Å²) in [4.78, 5) is 0. The Balaban J connectivity index is 2.47. The Morgan fingerprint density at radius 1 is 1.10 bits per heavy atom. The van der Waals surface area contributed by atoms with Gasteiger partial charge in [0.05, 0.1) is 6.04 Å². The summed E-state index contributed by atoms with van der Waals surface area (Å²) < 4.78 is 13.4. The van der Waals surface area contributed by atoms with Gasteiger partial charge in [-0.15, -0.1) is 0 Å². The summed E-state index contributed by atoms with van der Waals surface area (Å²) in [7, 11) is 0. The largest absolute Gasteiger partial charge is 0.307 e. The molecule has 1 atom stereocenters. The van der Waals surface area contributed by atoms with Crippen LogP contribution in [-0.2, 0) is 0 Å². The van der Waals surface area contributed by atoms with Crippen molar-refractivity contribution in [2.24, 2.45) is 0 Å². The molecule has 106 valence electrons. The normalized spacial score (nSPS) is 12.4. The topological polar surface area (TPSA) is 12.0 Å². The van der Waals surface area contributed by atoms with Crippen LogP contribution >= 0.6 is 11.6 Å². The van der Waals surface area contributed by atoms with Gasteiger partial charge in [0.25, 0.3) is 0 Å². The van der Waals surface area contributed by atoms with Crippen LogP contribution in [0.3, 0.4) is 0 Å². The van der Waals surface area contributed by atoms with E-state index in [0.29, 0.717) is 5.56 Å². The maximum Gasteiger partial charge on any atom is 0.126 e. The third kappa shape index (κ3) is 3.20. The van der Waals surface area contributed by atoms with Crippen LogP contribution in [0, 0.1) is 19.7 Å². The van der Waals surface area contributed by atoms with E-state index >= 15 is 0 Å². The maximum atomic E-state index is 13.4. The van der Waals surface area contributed by atoms with Crippen LogP contribution in [0.1, 0.15) is 35.2 Å². The van der Waals surface area contributed by atoms with Gasteiger partial charge >= 0.3 is 0 Å². The van der Waals surface area contributed by atoms with Crippen LogP contribution in [0.15, 0.2) is 36.4 Å². The molecule has 0 aliphatic rings. The van der Waals surface area contributed by atoms with Crippen molar-refractivity contribution in [1.29, 1.82) is 0 Å². The molecule has 3 heteroatoms. The molecule has 2 aromatic rings. The van der Waals surface area contributed by atoms with Gasteiger partial charge in [-0.3, -0.25) is 0 Å². The fourth-order valence-corrected chi connectivity index (χ4v) is 2.65. The maximum absolute atomic E-state index is 13.4. The van der Waals surface area contributed by atoms with E-state index in [2.05, 4.69) is 12.2 Å². The molecule has 2 aromatic carbocycles. The number of halogens is 2. The summed E-state index contributed by atoms with van der Waals surface area (Å²) in [6.45, 7) is 6.73. The van der Waals surface area contributed by atoms with E-state index in [1.807, 2.05) is 37.3 Å². The molecule has 0 spiro atoms. The molecule has 0 saturated heterocycles. The molecule has 20 heavy (non-hydrogen) atoms. The number of hydrogen-bond acceptors (Lipinski definition) is 1. The molecule has 1 nitrogen and oxygen atoms in total. The molecule has 0 fully saturated rings. The van der Waals surface area contributed by atoms with Crippen LogP contribution in [0.4, 0.5) is 4.39 Å². The minimum absolute atomic E-state index is 0.0524. The van der Waals surface area contributed by atoms with Gasteiger partial charge in [0.1, 0.15) is 5.82 Å². The molecule has 0 amide bonds. The van der Waals surface area contributed by atoms with Crippen molar-refractivity contribution in [2.45, 2.75) is 26.8 Å². The summed E-state index contributed by atoms with van der Waals surface area (Å²) in [5, 5.41) is 4.19. The summed E-state index contributed by atoms with van der Waals surface area (Å²) in [6.07, 6.45) is 0. The molecule has 0 heterocycles. The highest BCUT2D eigenvalue weighted by Gasteiger charge is 2.16. The van der Waals surface area contributed by atoms with E-state index in [-0.39, 0.29) is 11.9 Å². The van der Waals surface area contributed by atoms with Crippen molar-refractivity contribution in [3.63, 3.8) is 0 Å². The van der Waals surface area contributed by atoms with Crippen molar-refractivity contribution in [2.75, 3.05) is 6.54 Å². The highest BCUT2D eigenvalue weighted by Crippen LogP contribution is 2.28. The first-order chi connectivity index (χ1) is 9.52. The highest BCUT2D eigenvalue weighted by molar-refractivity contribution is 6.30. The van der Waals surface area contributed by atoms with Gasteiger partial charge in [-0.2, -0.15) is 0 Å². The lowest BCUT2D eigenvalue weighted by molar-refractivity contribution is 0.605. The zero-order chi connectivity index (χ0) is 14.7. The van der Waals surface area contributed by atoms with Crippen LogP contribution in [0.2, 0.25) is 5.02 Å². The lowest BCUT2D eigenvalue weighted by Gasteiger charge is -2.21. The average Bonchev–Trinajstić information content (AvgIpc) is 2.40. The van der Waals surface area contributed by atoms with E-state index in [1.165, 1.54) is 11.6 Å². The van der Waals surface area contributed by atoms with Crippen LogP contribution in [-0.4, -0.2) is 6.54 Å². The van der Waals surface area contributed by atoms with Crippen molar-refractivity contribution in [1.82, 2.24) is 5.32 Å². The zero-order valence-electron chi connectivity index (χ0n) is 12.0. The van der Waals surface area contributed by atoms with Crippen LogP contribution in [0.25, 0.3) is 0 Å². The minimum atomic E-state index is -0.170. The van der Waals surface area contributed by atoms with Gasteiger partial charge < -0.3 is 5.32 Å². The molecule has 0 aromatic heterocycles. The van der Waals surface area contributed by atoms with Gasteiger partial charge in [0.15, 0.2) is 0 Å². The number of rotatable bonds is 4. The molecule has 0 aliphatic heterocycles. The smallest absolute Gasteiger partial charge is 0.126 e. The lowest BCUT2D eigenvalue weighted by Crippen LogP contribution is -2.23.